The van der Waals surface area contributed by atoms with E-state index in [2.05, 4.69) is 9.72 Å². The van der Waals surface area contributed by atoms with Crippen LogP contribution in [0.2, 0.25) is 5.15 Å². The van der Waals surface area contributed by atoms with Crippen molar-refractivity contribution in [3.8, 4) is 0 Å². The van der Waals surface area contributed by atoms with Gasteiger partial charge in [0, 0.05) is 17.6 Å². The molecule has 0 saturated carbocycles. The molecule has 0 radical (unpaired) electrons. The third-order valence-electron chi connectivity index (χ3n) is 2.82. The van der Waals surface area contributed by atoms with Gasteiger partial charge < -0.3 is 4.74 Å². The van der Waals surface area contributed by atoms with E-state index in [-0.39, 0.29) is 16.7 Å². The van der Waals surface area contributed by atoms with Gasteiger partial charge in [-0.25, -0.2) is 13.4 Å². The van der Waals surface area contributed by atoms with Crippen LogP contribution in [0.25, 0.3) is 4.96 Å². The Morgan fingerprint density at radius 3 is 2.81 bits per heavy atom. The number of carbonyl (C=O) groups is 1. The van der Waals surface area contributed by atoms with Crippen LogP contribution in [0.4, 0.5) is 0 Å². The van der Waals surface area contributed by atoms with Crippen LogP contribution in [0.3, 0.4) is 0 Å². The van der Waals surface area contributed by atoms with E-state index in [1.807, 2.05) is 0 Å². The van der Waals surface area contributed by atoms with Gasteiger partial charge in [-0.3, -0.25) is 9.20 Å². The number of carbonyl (C=O) groups excluding carboxylic acids is 1. The van der Waals surface area contributed by atoms with Gasteiger partial charge in [0.05, 0.1) is 7.11 Å². The number of nitrogens with zero attached hydrogens (tertiary/aromatic N) is 3. The molecule has 10 heteroatoms. The van der Waals surface area contributed by atoms with Gasteiger partial charge in [0.15, 0.2) is 15.1 Å². The van der Waals surface area contributed by atoms with Crippen molar-refractivity contribution in [2.75, 3.05) is 13.7 Å². The first-order valence-electron chi connectivity index (χ1n) is 5.98. The second kappa shape index (κ2) is 5.91. The second-order valence-corrected chi connectivity index (χ2v) is 7.52. The molecule has 21 heavy (non-hydrogen) atoms. The van der Waals surface area contributed by atoms with Crippen LogP contribution in [-0.2, 0) is 19.6 Å². The van der Waals surface area contributed by atoms with Gasteiger partial charge in [0.2, 0.25) is 0 Å². The van der Waals surface area contributed by atoms with Gasteiger partial charge in [0.25, 0.3) is 10.0 Å². The molecular weight excluding hydrogens is 338 g/mol. The summed E-state index contributed by atoms with van der Waals surface area (Å²) in [4.78, 5) is 15.9. The number of imidazole rings is 1. The first kappa shape index (κ1) is 16.2. The predicted molar refractivity (Wildman–Crippen MR) is 79.1 cm³/mol. The van der Waals surface area contributed by atoms with Gasteiger partial charge in [-0.05, 0) is 13.8 Å². The molecule has 0 aliphatic rings. The number of ether oxygens (including phenoxy) is 1. The molecule has 0 aliphatic carbocycles. The van der Waals surface area contributed by atoms with Gasteiger partial charge in [-0.2, -0.15) is 4.31 Å². The number of thiazole rings is 1. The van der Waals surface area contributed by atoms with Gasteiger partial charge >= 0.3 is 5.97 Å². The molecule has 116 valence electrons. The highest BCUT2D eigenvalue weighted by atomic mass is 35.5. The summed E-state index contributed by atoms with van der Waals surface area (Å²) in [7, 11) is -2.78. The van der Waals surface area contributed by atoms with Crippen molar-refractivity contribution in [1.82, 2.24) is 13.7 Å². The average Bonchev–Trinajstić information content (AvgIpc) is 2.93. The molecule has 0 amide bonds. The summed E-state index contributed by atoms with van der Waals surface area (Å²) < 4.78 is 32.6. The normalized spacial score (nSPS) is 12.5. The van der Waals surface area contributed by atoms with Crippen molar-refractivity contribution in [1.29, 1.82) is 0 Å². The summed E-state index contributed by atoms with van der Waals surface area (Å²) in [5.74, 6) is -0.644. The Labute approximate surface area is 131 Å². The summed E-state index contributed by atoms with van der Waals surface area (Å²) in [6.45, 7) is 2.95. The predicted octanol–water partition coefficient (Wildman–Crippen LogP) is 1.62. The number of rotatable bonds is 5. The summed E-state index contributed by atoms with van der Waals surface area (Å²) in [6, 6.07) is -0.436. The molecule has 2 aromatic heterocycles. The van der Waals surface area contributed by atoms with E-state index in [4.69, 9.17) is 11.6 Å². The van der Waals surface area contributed by atoms with Crippen LogP contribution in [0.15, 0.2) is 16.6 Å². The fraction of sp³-hybridized carbons (Fsp3) is 0.455. The summed E-state index contributed by atoms with van der Waals surface area (Å²) in [5, 5.41) is 1.45. The minimum atomic E-state index is -3.98. The van der Waals surface area contributed by atoms with Crippen LogP contribution >= 0.6 is 22.9 Å². The van der Waals surface area contributed by atoms with E-state index in [1.165, 1.54) is 22.8 Å². The summed E-state index contributed by atoms with van der Waals surface area (Å²) in [6.07, 6.45) is 1.57. The van der Waals surface area contributed by atoms with Gasteiger partial charge in [-0.1, -0.05) is 11.6 Å². The number of halogens is 1. The highest BCUT2D eigenvalue weighted by Gasteiger charge is 2.34. The first-order valence-corrected chi connectivity index (χ1v) is 8.68. The van der Waals surface area contributed by atoms with Crippen molar-refractivity contribution >= 4 is 43.9 Å². The Morgan fingerprint density at radius 1 is 1.57 bits per heavy atom. The molecule has 0 N–H and O–H groups in total. The Balaban J connectivity index is 2.55. The van der Waals surface area contributed by atoms with Crippen molar-refractivity contribution in [2.24, 2.45) is 0 Å². The smallest absolute Gasteiger partial charge is 0.321 e. The molecule has 7 nitrogen and oxygen atoms in total. The topological polar surface area (TPSA) is 81.0 Å². The fourth-order valence-corrected chi connectivity index (χ4v) is 4.81. The molecule has 0 aliphatic heterocycles. The van der Waals surface area contributed by atoms with Gasteiger partial charge in [-0.15, -0.1) is 11.3 Å². The fourth-order valence-electron chi connectivity index (χ4n) is 1.82. The Morgan fingerprint density at radius 2 is 2.24 bits per heavy atom. The minimum Gasteiger partial charge on any atom is -0.468 e. The molecule has 0 fully saturated rings. The Bertz CT molecular complexity index is 766. The lowest BCUT2D eigenvalue weighted by atomic mass is 10.4. The number of esters is 1. The molecule has 0 unspecified atom stereocenters. The molecule has 0 saturated heterocycles. The van der Waals surface area contributed by atoms with E-state index >= 15 is 0 Å². The van der Waals surface area contributed by atoms with E-state index in [1.54, 1.807) is 25.4 Å². The minimum absolute atomic E-state index is 0.114. The number of methoxy groups -OCH3 is 1. The lowest BCUT2D eigenvalue weighted by molar-refractivity contribution is -0.141. The second-order valence-electron chi connectivity index (χ2n) is 4.48. The lowest BCUT2D eigenvalue weighted by Crippen LogP contribution is -2.41. The number of hydrogen-bond donors (Lipinski definition) is 0. The van der Waals surface area contributed by atoms with Crippen molar-refractivity contribution in [3.63, 3.8) is 0 Å². The van der Waals surface area contributed by atoms with Crippen LogP contribution in [0, 0.1) is 0 Å². The number of aromatic nitrogens is 2. The standard InChI is InChI=1S/C11H14ClN3O4S2/c1-7(2)15(6-8(16)19-3)21(17,18)10-9(12)13-11-14(10)4-5-20-11/h4-5,7H,6H2,1-3H3. The summed E-state index contributed by atoms with van der Waals surface area (Å²) >= 11 is 7.24. The highest BCUT2D eigenvalue weighted by Crippen LogP contribution is 2.28. The number of hydrogen-bond acceptors (Lipinski definition) is 6. The molecule has 0 bridgehead atoms. The molecular formula is C11H14ClN3O4S2. The molecule has 0 aromatic carbocycles. The SMILES string of the molecule is COC(=O)CN(C(C)C)S(=O)(=O)c1c(Cl)nc2sccn12. The van der Waals surface area contributed by atoms with Crippen LogP contribution in [0.5, 0.6) is 0 Å². The van der Waals surface area contributed by atoms with Crippen molar-refractivity contribution in [2.45, 2.75) is 24.9 Å². The number of fused-ring (bicyclic) bond motifs is 1. The zero-order valence-corrected chi connectivity index (χ0v) is 14.0. The zero-order valence-electron chi connectivity index (χ0n) is 11.6. The van der Waals surface area contributed by atoms with Crippen LogP contribution < -0.4 is 0 Å². The molecule has 0 spiro atoms. The maximum Gasteiger partial charge on any atom is 0.321 e. The zero-order chi connectivity index (χ0) is 15.8. The van der Waals surface area contributed by atoms with Crippen molar-refractivity contribution < 1.29 is 17.9 Å². The Kier molecular flexibility index (Phi) is 4.57. The monoisotopic (exact) mass is 351 g/mol. The van der Waals surface area contributed by atoms with E-state index in [0.717, 1.165) is 4.31 Å². The van der Waals surface area contributed by atoms with E-state index in [9.17, 15) is 13.2 Å². The number of sulfonamides is 1. The first-order chi connectivity index (χ1) is 9.78. The van der Waals surface area contributed by atoms with E-state index in [0.29, 0.717) is 4.96 Å². The Hall–Kier alpha value is -1.16. The molecule has 0 atom stereocenters. The maximum absolute atomic E-state index is 12.8. The highest BCUT2D eigenvalue weighted by molar-refractivity contribution is 7.89. The molecule has 2 rings (SSSR count). The lowest BCUT2D eigenvalue weighted by Gasteiger charge is -2.24. The molecule has 2 heterocycles. The quantitative estimate of drug-likeness (QED) is 0.765. The molecule has 2 aromatic rings. The third-order valence-corrected chi connectivity index (χ3v) is 6.00. The van der Waals surface area contributed by atoms with E-state index < -0.39 is 22.0 Å². The van der Waals surface area contributed by atoms with Gasteiger partial charge in [0.1, 0.15) is 6.54 Å². The summed E-state index contributed by atoms with van der Waals surface area (Å²) in [5.41, 5.74) is 0. The largest absolute Gasteiger partial charge is 0.468 e. The average molecular weight is 352 g/mol. The third kappa shape index (κ3) is 2.91. The van der Waals surface area contributed by atoms with Crippen LogP contribution in [-0.4, -0.2) is 47.8 Å². The van der Waals surface area contributed by atoms with Crippen LogP contribution in [0.1, 0.15) is 13.8 Å². The van der Waals surface area contributed by atoms with Crippen molar-refractivity contribution in [3.05, 3.63) is 16.7 Å². The maximum atomic E-state index is 12.8.